The second-order valence-corrected chi connectivity index (χ2v) is 9.35. The van der Waals surface area contributed by atoms with Gasteiger partial charge in [0.2, 0.25) is 11.8 Å². The molecule has 2 amide bonds. The van der Waals surface area contributed by atoms with Gasteiger partial charge in [-0.2, -0.15) is 0 Å². The summed E-state index contributed by atoms with van der Waals surface area (Å²) in [7, 11) is 0. The van der Waals surface area contributed by atoms with Crippen LogP contribution >= 0.6 is 11.6 Å². The SMILES string of the molecule is CC(C)(C)CC(=O)N1CCN(c2ccc(NC(=O)[C@H](Cl)c3ccccc3)cc2)CC1. The number of nitrogens with one attached hydrogen (secondary N) is 1. The molecule has 30 heavy (non-hydrogen) atoms. The first kappa shape index (κ1) is 22.2. The fourth-order valence-corrected chi connectivity index (χ4v) is 3.71. The molecule has 1 heterocycles. The number of hydrogen-bond donors (Lipinski definition) is 1. The van der Waals surface area contributed by atoms with Crippen molar-refractivity contribution in [1.82, 2.24) is 4.90 Å². The van der Waals surface area contributed by atoms with Gasteiger partial charge in [-0.25, -0.2) is 0 Å². The molecular weight excluding hydrogens is 398 g/mol. The Bertz CT molecular complexity index is 854. The van der Waals surface area contributed by atoms with E-state index in [0.29, 0.717) is 12.1 Å². The predicted molar refractivity (Wildman–Crippen MR) is 123 cm³/mol. The molecule has 0 aliphatic carbocycles. The number of halogens is 1. The van der Waals surface area contributed by atoms with Crippen LogP contribution in [-0.2, 0) is 9.59 Å². The van der Waals surface area contributed by atoms with E-state index in [-0.39, 0.29) is 17.2 Å². The fourth-order valence-electron chi connectivity index (χ4n) is 3.51. The summed E-state index contributed by atoms with van der Waals surface area (Å²) in [5, 5.41) is 2.14. The summed E-state index contributed by atoms with van der Waals surface area (Å²) < 4.78 is 0. The maximum atomic E-state index is 12.4. The van der Waals surface area contributed by atoms with Gasteiger partial charge in [0.25, 0.3) is 0 Å². The highest BCUT2D eigenvalue weighted by Gasteiger charge is 2.25. The lowest BCUT2D eigenvalue weighted by atomic mass is 9.91. The largest absolute Gasteiger partial charge is 0.368 e. The molecule has 5 nitrogen and oxygen atoms in total. The smallest absolute Gasteiger partial charge is 0.246 e. The van der Waals surface area contributed by atoms with Crippen LogP contribution in [-0.4, -0.2) is 42.9 Å². The van der Waals surface area contributed by atoms with Crippen molar-refractivity contribution in [3.63, 3.8) is 0 Å². The zero-order valence-electron chi connectivity index (χ0n) is 17.9. The first-order valence-electron chi connectivity index (χ1n) is 10.4. The Balaban J connectivity index is 1.53. The maximum Gasteiger partial charge on any atom is 0.246 e. The van der Waals surface area contributed by atoms with Crippen molar-refractivity contribution >= 4 is 34.8 Å². The molecule has 0 radical (unpaired) electrons. The Hall–Kier alpha value is -2.53. The summed E-state index contributed by atoms with van der Waals surface area (Å²) in [5.74, 6) is -0.0177. The number of carbonyl (C=O) groups is 2. The summed E-state index contributed by atoms with van der Waals surface area (Å²) in [6.45, 7) is 9.35. The van der Waals surface area contributed by atoms with Crippen LogP contribution in [0, 0.1) is 5.41 Å². The second-order valence-electron chi connectivity index (χ2n) is 8.91. The number of benzene rings is 2. The molecule has 1 aliphatic heterocycles. The number of alkyl halides is 1. The molecule has 160 valence electrons. The molecule has 0 spiro atoms. The Morgan fingerprint density at radius 2 is 1.57 bits per heavy atom. The molecule has 1 atom stereocenters. The summed E-state index contributed by atoms with van der Waals surface area (Å²) in [6, 6.07) is 17.1. The molecule has 2 aromatic rings. The predicted octanol–water partition coefficient (Wildman–Crippen LogP) is 4.69. The highest BCUT2D eigenvalue weighted by atomic mass is 35.5. The number of rotatable bonds is 5. The molecule has 0 unspecified atom stereocenters. The third kappa shape index (κ3) is 5.99. The number of hydrogen-bond acceptors (Lipinski definition) is 3. The van der Waals surface area contributed by atoms with Gasteiger partial charge in [-0.05, 0) is 35.2 Å². The molecule has 1 N–H and O–H groups in total. The minimum Gasteiger partial charge on any atom is -0.368 e. The zero-order valence-corrected chi connectivity index (χ0v) is 18.7. The van der Waals surface area contributed by atoms with Crippen LogP contribution in [0.15, 0.2) is 54.6 Å². The Morgan fingerprint density at radius 1 is 0.967 bits per heavy atom. The van der Waals surface area contributed by atoms with Crippen molar-refractivity contribution in [1.29, 1.82) is 0 Å². The van der Waals surface area contributed by atoms with Gasteiger partial charge in [0, 0.05) is 44.0 Å². The highest BCUT2D eigenvalue weighted by molar-refractivity contribution is 6.32. The number of anilines is 2. The molecule has 1 saturated heterocycles. The van der Waals surface area contributed by atoms with E-state index >= 15 is 0 Å². The first-order chi connectivity index (χ1) is 14.2. The summed E-state index contributed by atoms with van der Waals surface area (Å²) in [6.07, 6.45) is 0.575. The van der Waals surface area contributed by atoms with Crippen LogP contribution in [0.2, 0.25) is 0 Å². The van der Waals surface area contributed by atoms with Gasteiger partial charge in [0.1, 0.15) is 5.38 Å². The van der Waals surface area contributed by atoms with Gasteiger partial charge in [0.05, 0.1) is 0 Å². The van der Waals surface area contributed by atoms with Gasteiger partial charge >= 0.3 is 0 Å². The van der Waals surface area contributed by atoms with E-state index in [9.17, 15) is 9.59 Å². The number of carbonyl (C=O) groups excluding carboxylic acids is 2. The standard InChI is InChI=1S/C24H30ClN3O2/c1-24(2,3)17-21(29)28-15-13-27(14-16-28)20-11-9-19(10-12-20)26-23(30)22(25)18-7-5-4-6-8-18/h4-12,22H,13-17H2,1-3H3,(H,26,30)/t22-/m1/s1. The average Bonchev–Trinajstić information content (AvgIpc) is 2.73. The van der Waals surface area contributed by atoms with Gasteiger partial charge < -0.3 is 15.1 Å². The zero-order chi connectivity index (χ0) is 21.7. The van der Waals surface area contributed by atoms with Crippen molar-refractivity contribution in [2.75, 3.05) is 36.4 Å². The Morgan fingerprint density at radius 3 is 2.13 bits per heavy atom. The summed E-state index contributed by atoms with van der Waals surface area (Å²) in [4.78, 5) is 29.0. The van der Waals surface area contributed by atoms with Crippen LogP contribution in [0.25, 0.3) is 0 Å². The van der Waals surface area contributed by atoms with E-state index in [1.165, 1.54) is 0 Å². The Labute approximate surface area is 184 Å². The van der Waals surface area contributed by atoms with Gasteiger partial charge in [0.15, 0.2) is 0 Å². The van der Waals surface area contributed by atoms with Crippen LogP contribution < -0.4 is 10.2 Å². The van der Waals surface area contributed by atoms with Crippen LogP contribution in [0.1, 0.15) is 38.1 Å². The Kier molecular flexibility index (Phi) is 7.03. The van der Waals surface area contributed by atoms with Crippen molar-refractivity contribution in [3.05, 3.63) is 60.2 Å². The van der Waals surface area contributed by atoms with Crippen molar-refractivity contribution < 1.29 is 9.59 Å². The van der Waals surface area contributed by atoms with E-state index in [4.69, 9.17) is 11.6 Å². The van der Waals surface area contributed by atoms with Crippen LogP contribution in [0.4, 0.5) is 11.4 Å². The minimum absolute atomic E-state index is 0.0109. The van der Waals surface area contributed by atoms with E-state index in [1.807, 2.05) is 59.5 Å². The molecule has 1 fully saturated rings. The third-order valence-corrected chi connectivity index (χ3v) is 5.59. The monoisotopic (exact) mass is 427 g/mol. The van der Waals surface area contributed by atoms with Crippen molar-refractivity contribution in [2.24, 2.45) is 5.41 Å². The van der Waals surface area contributed by atoms with Crippen molar-refractivity contribution in [3.8, 4) is 0 Å². The number of nitrogens with zero attached hydrogens (tertiary/aromatic N) is 2. The average molecular weight is 428 g/mol. The van der Waals surface area contributed by atoms with Crippen molar-refractivity contribution in [2.45, 2.75) is 32.6 Å². The van der Waals surface area contributed by atoms with E-state index in [0.717, 1.165) is 37.4 Å². The van der Waals surface area contributed by atoms with E-state index in [1.54, 1.807) is 0 Å². The highest BCUT2D eigenvalue weighted by Crippen LogP contribution is 2.25. The first-order valence-corrected chi connectivity index (χ1v) is 10.8. The molecule has 1 aliphatic rings. The molecule has 0 aromatic heterocycles. The lowest BCUT2D eigenvalue weighted by Crippen LogP contribution is -2.49. The molecule has 2 aromatic carbocycles. The molecule has 0 saturated carbocycles. The fraction of sp³-hybridized carbons (Fsp3) is 0.417. The van der Waals surface area contributed by atoms with E-state index in [2.05, 4.69) is 31.0 Å². The van der Waals surface area contributed by atoms with Gasteiger partial charge in [-0.1, -0.05) is 51.1 Å². The van der Waals surface area contributed by atoms with E-state index < -0.39 is 5.38 Å². The molecule has 3 rings (SSSR count). The third-order valence-electron chi connectivity index (χ3n) is 5.14. The minimum atomic E-state index is -0.732. The van der Waals surface area contributed by atoms with Gasteiger partial charge in [-0.15, -0.1) is 11.6 Å². The topological polar surface area (TPSA) is 52.7 Å². The van der Waals surface area contributed by atoms with Crippen LogP contribution in [0.5, 0.6) is 0 Å². The summed E-state index contributed by atoms with van der Waals surface area (Å²) in [5.41, 5.74) is 2.58. The van der Waals surface area contributed by atoms with Crippen LogP contribution in [0.3, 0.4) is 0 Å². The lowest BCUT2D eigenvalue weighted by molar-refractivity contribution is -0.133. The maximum absolute atomic E-state index is 12.4. The normalized spacial score (nSPS) is 15.6. The quantitative estimate of drug-likeness (QED) is 0.704. The lowest BCUT2D eigenvalue weighted by Gasteiger charge is -2.37. The molecule has 6 heteroatoms. The molecular formula is C24H30ClN3O2. The second kappa shape index (κ2) is 9.52. The number of piperazine rings is 1. The van der Waals surface area contributed by atoms with Gasteiger partial charge in [-0.3, -0.25) is 9.59 Å². The molecule has 0 bridgehead atoms. The number of amides is 2. The summed E-state index contributed by atoms with van der Waals surface area (Å²) >= 11 is 6.29.